The zero-order chi connectivity index (χ0) is 26.8. The molecule has 1 saturated carbocycles. The molecule has 0 bridgehead atoms. The van der Waals surface area contributed by atoms with Crippen LogP contribution in [-0.2, 0) is 11.8 Å². The van der Waals surface area contributed by atoms with Crippen LogP contribution in [0.15, 0.2) is 83.3 Å². The maximum Gasteiger partial charge on any atom is 0.274 e. The van der Waals surface area contributed by atoms with E-state index >= 15 is 0 Å². The minimum atomic E-state index is -1.17. The lowest BCUT2D eigenvalue weighted by Gasteiger charge is -2.60. The van der Waals surface area contributed by atoms with Gasteiger partial charge in [-0.3, -0.25) is 9.89 Å². The van der Waals surface area contributed by atoms with Crippen LogP contribution in [0.5, 0.6) is 0 Å². The fourth-order valence-electron chi connectivity index (χ4n) is 6.64. The SMILES string of the molecule is CCCc1[nH]n(-c2ccccc2)c(=O)c1C1C([O-])C(C=C2N(C)c3ccc4ccccc4c3C2(C)C)C1[O-]. The van der Waals surface area contributed by atoms with Gasteiger partial charge in [-0.1, -0.05) is 81.8 Å². The van der Waals surface area contributed by atoms with Crippen LogP contribution in [0.4, 0.5) is 5.69 Å². The molecule has 4 aromatic rings. The van der Waals surface area contributed by atoms with Crippen molar-refractivity contribution in [1.82, 2.24) is 9.78 Å². The van der Waals surface area contributed by atoms with Gasteiger partial charge in [0.05, 0.1) is 5.69 Å². The molecule has 2 aliphatic rings. The summed E-state index contributed by atoms with van der Waals surface area (Å²) in [7, 11) is 2.01. The zero-order valence-electron chi connectivity index (χ0n) is 22.3. The lowest BCUT2D eigenvalue weighted by atomic mass is 9.64. The van der Waals surface area contributed by atoms with E-state index < -0.39 is 24.0 Å². The normalized spacial score (nSPS) is 25.1. The molecule has 1 fully saturated rings. The zero-order valence-corrected chi connectivity index (χ0v) is 22.3. The summed E-state index contributed by atoms with van der Waals surface area (Å²) in [6.45, 7) is 6.35. The second kappa shape index (κ2) is 9.00. The molecule has 1 aromatic heterocycles. The molecule has 2 atom stereocenters. The predicted molar refractivity (Wildman–Crippen MR) is 148 cm³/mol. The molecule has 2 heterocycles. The van der Waals surface area contributed by atoms with E-state index in [1.165, 1.54) is 21.0 Å². The average molecular weight is 508 g/mol. The van der Waals surface area contributed by atoms with Crippen LogP contribution in [0.2, 0.25) is 0 Å². The van der Waals surface area contributed by atoms with Crippen molar-refractivity contribution in [3.63, 3.8) is 0 Å². The summed E-state index contributed by atoms with van der Waals surface area (Å²) < 4.78 is 1.47. The van der Waals surface area contributed by atoms with Crippen LogP contribution >= 0.6 is 0 Å². The molecule has 0 saturated heterocycles. The number of aromatic nitrogens is 2. The number of allylic oxidation sites excluding steroid dienone is 1. The lowest BCUT2D eigenvalue weighted by Crippen LogP contribution is -2.65. The molecule has 6 heteroatoms. The van der Waals surface area contributed by atoms with Crippen molar-refractivity contribution in [3.05, 3.63) is 106 Å². The van der Waals surface area contributed by atoms with Gasteiger partial charge in [0, 0.05) is 35.1 Å². The van der Waals surface area contributed by atoms with Crippen molar-refractivity contribution < 1.29 is 10.2 Å². The van der Waals surface area contributed by atoms with E-state index in [1.54, 1.807) is 0 Å². The number of nitrogens with zero attached hydrogens (tertiary/aromatic N) is 2. The summed E-state index contributed by atoms with van der Waals surface area (Å²) >= 11 is 0. The summed E-state index contributed by atoms with van der Waals surface area (Å²) in [5, 5.41) is 32.9. The highest BCUT2D eigenvalue weighted by Gasteiger charge is 2.44. The third-order valence-corrected chi connectivity index (χ3v) is 8.57. The quantitative estimate of drug-likeness (QED) is 0.446. The van der Waals surface area contributed by atoms with E-state index in [0.29, 0.717) is 23.4 Å². The fourth-order valence-corrected chi connectivity index (χ4v) is 6.64. The average Bonchev–Trinajstić information content (AvgIpc) is 3.33. The maximum atomic E-state index is 13.7. The lowest BCUT2D eigenvalue weighted by molar-refractivity contribution is -0.543. The second-order valence-corrected chi connectivity index (χ2v) is 11.2. The van der Waals surface area contributed by atoms with Gasteiger partial charge in [-0.25, -0.2) is 4.68 Å². The molecule has 0 radical (unpaired) electrons. The number of likely N-dealkylation sites (N-methyl/N-ethyl adjacent to an activating group) is 1. The Bertz CT molecular complexity index is 1590. The Morgan fingerprint density at radius 3 is 2.37 bits per heavy atom. The van der Waals surface area contributed by atoms with E-state index in [4.69, 9.17) is 0 Å². The Balaban J connectivity index is 1.37. The van der Waals surface area contributed by atoms with Crippen LogP contribution in [0.25, 0.3) is 16.5 Å². The summed E-state index contributed by atoms with van der Waals surface area (Å²) in [5.74, 6) is -1.55. The molecular formula is C32H33N3O3-2. The van der Waals surface area contributed by atoms with Gasteiger partial charge in [-0.2, -0.15) is 0 Å². The first kappa shape index (κ1) is 24.7. The molecule has 3 aromatic carbocycles. The minimum Gasteiger partial charge on any atom is -0.851 e. The summed E-state index contributed by atoms with van der Waals surface area (Å²) in [6.07, 6.45) is 0.989. The van der Waals surface area contributed by atoms with Crippen molar-refractivity contribution >= 4 is 16.5 Å². The van der Waals surface area contributed by atoms with Crippen molar-refractivity contribution in [1.29, 1.82) is 0 Å². The van der Waals surface area contributed by atoms with Gasteiger partial charge in [0.2, 0.25) is 0 Å². The first-order chi connectivity index (χ1) is 18.3. The summed E-state index contributed by atoms with van der Waals surface area (Å²) in [4.78, 5) is 15.6. The van der Waals surface area contributed by atoms with Crippen LogP contribution in [0, 0.1) is 5.92 Å². The largest absolute Gasteiger partial charge is 0.851 e. The van der Waals surface area contributed by atoms with Crippen molar-refractivity contribution in [2.24, 2.45) is 5.92 Å². The van der Waals surface area contributed by atoms with Crippen LogP contribution < -0.4 is 20.7 Å². The van der Waals surface area contributed by atoms with Crippen molar-refractivity contribution in [2.45, 2.75) is 57.2 Å². The van der Waals surface area contributed by atoms with E-state index in [1.807, 2.05) is 62.5 Å². The van der Waals surface area contributed by atoms with Crippen LogP contribution in [0.1, 0.15) is 49.9 Å². The molecule has 196 valence electrons. The van der Waals surface area contributed by atoms with Gasteiger partial charge >= 0.3 is 0 Å². The molecular weight excluding hydrogens is 474 g/mol. The number of hydrogen-bond donors (Lipinski definition) is 1. The number of aromatic amines is 1. The van der Waals surface area contributed by atoms with Crippen molar-refractivity contribution in [2.75, 3.05) is 11.9 Å². The highest BCUT2D eigenvalue weighted by molar-refractivity contribution is 5.94. The monoisotopic (exact) mass is 507 g/mol. The van der Waals surface area contributed by atoms with E-state index in [9.17, 15) is 15.0 Å². The topological polar surface area (TPSA) is 87.1 Å². The molecule has 6 nitrogen and oxygen atoms in total. The Hall–Kier alpha value is -3.61. The number of hydrogen-bond acceptors (Lipinski definition) is 4. The minimum absolute atomic E-state index is 0.283. The maximum absolute atomic E-state index is 13.7. The summed E-state index contributed by atoms with van der Waals surface area (Å²) in [6, 6.07) is 21.9. The smallest absolute Gasteiger partial charge is 0.274 e. The highest BCUT2D eigenvalue weighted by Crippen LogP contribution is 2.51. The molecule has 38 heavy (non-hydrogen) atoms. The first-order valence-corrected chi connectivity index (χ1v) is 13.4. The molecule has 6 rings (SSSR count). The number of anilines is 1. The fraction of sp³-hybridized carbons (Fsp3) is 0.344. The van der Waals surface area contributed by atoms with E-state index in [2.05, 4.69) is 48.1 Å². The first-order valence-electron chi connectivity index (χ1n) is 13.4. The number of para-hydroxylation sites is 1. The number of nitrogens with one attached hydrogen (secondary N) is 1. The molecule has 2 unspecified atom stereocenters. The standard InChI is InChI=1S/C32H33N3O3/c1-5-11-23-26(31(38)35(33-23)20-13-7-6-8-14-20)27-29(36)22(30(27)37)18-25-32(2,3)28-21-15-10-9-12-19(21)16-17-24(28)34(25)4/h6-10,12-18,22,27,29-30,33H,5,11H2,1-4H3/q-2. The molecule has 1 aliphatic carbocycles. The third kappa shape index (κ3) is 3.51. The Kier molecular flexibility index (Phi) is 5.85. The van der Waals surface area contributed by atoms with E-state index in [-0.39, 0.29) is 11.0 Å². The van der Waals surface area contributed by atoms with Gasteiger partial charge in [0.15, 0.2) is 0 Å². The molecule has 1 aliphatic heterocycles. The third-order valence-electron chi connectivity index (χ3n) is 8.57. The number of fused-ring (bicyclic) bond motifs is 3. The van der Waals surface area contributed by atoms with Gasteiger partial charge in [0.25, 0.3) is 5.56 Å². The van der Waals surface area contributed by atoms with Gasteiger partial charge in [-0.05, 0) is 52.8 Å². The van der Waals surface area contributed by atoms with E-state index in [0.717, 1.165) is 17.8 Å². The Morgan fingerprint density at radius 1 is 0.974 bits per heavy atom. The van der Waals surface area contributed by atoms with Crippen molar-refractivity contribution in [3.8, 4) is 5.69 Å². The highest BCUT2D eigenvalue weighted by atomic mass is 16.3. The van der Waals surface area contributed by atoms with Gasteiger partial charge in [-0.15, -0.1) is 12.2 Å². The molecule has 0 amide bonds. The van der Waals surface area contributed by atoms with Gasteiger partial charge in [0.1, 0.15) is 0 Å². The predicted octanol–water partition coefficient (Wildman–Crippen LogP) is 3.75. The van der Waals surface area contributed by atoms with Crippen LogP contribution in [-0.4, -0.2) is 29.0 Å². The second-order valence-electron chi connectivity index (χ2n) is 11.2. The molecule has 1 N–H and O–H groups in total. The number of rotatable bonds is 5. The van der Waals surface area contributed by atoms with Crippen LogP contribution in [0.3, 0.4) is 0 Å². The summed E-state index contributed by atoms with van der Waals surface area (Å²) in [5.41, 5.74) is 4.41. The Morgan fingerprint density at radius 2 is 1.66 bits per heavy atom. The number of benzene rings is 3. The number of H-pyrrole nitrogens is 1. The Labute approximate surface area is 222 Å². The van der Waals surface area contributed by atoms with Gasteiger partial charge < -0.3 is 15.1 Å². The molecule has 0 spiro atoms. The number of aryl methyl sites for hydroxylation is 1.